The van der Waals surface area contributed by atoms with Crippen molar-refractivity contribution in [1.29, 1.82) is 0 Å². The number of amides is 1. The number of nitrogens with one attached hydrogen (secondary N) is 1. The van der Waals surface area contributed by atoms with E-state index in [0.29, 0.717) is 16.3 Å². The first kappa shape index (κ1) is 15.4. The van der Waals surface area contributed by atoms with E-state index in [9.17, 15) is 4.79 Å². The van der Waals surface area contributed by atoms with Crippen LogP contribution in [0.15, 0.2) is 48.5 Å². The molecule has 2 aromatic carbocycles. The molecule has 0 saturated heterocycles. The van der Waals surface area contributed by atoms with Gasteiger partial charge in [0.15, 0.2) is 0 Å². The number of ether oxygens (including phenoxy) is 1. The minimum Gasteiger partial charge on any atom is -0.496 e. The molecule has 0 saturated carbocycles. The zero-order chi connectivity index (χ0) is 15.5. The standard InChI is InChI=1S/C17H18ClNO2/c1-17(2,12-8-10-13(18)11-9-12)19-16(20)14-6-4-5-7-15(14)21-3/h4-11H,1-3H3,(H,19,20). The van der Waals surface area contributed by atoms with Crippen LogP contribution in [0.2, 0.25) is 5.02 Å². The van der Waals surface area contributed by atoms with Crippen molar-refractivity contribution in [2.75, 3.05) is 7.11 Å². The Hall–Kier alpha value is -2.00. The lowest BCUT2D eigenvalue weighted by Crippen LogP contribution is -2.41. The molecule has 0 atom stereocenters. The zero-order valence-corrected chi connectivity index (χ0v) is 13.1. The summed E-state index contributed by atoms with van der Waals surface area (Å²) in [6.07, 6.45) is 0. The van der Waals surface area contributed by atoms with Crippen LogP contribution in [0.5, 0.6) is 5.75 Å². The number of para-hydroxylation sites is 1. The molecule has 0 radical (unpaired) electrons. The number of hydrogen-bond donors (Lipinski definition) is 1. The van der Waals surface area contributed by atoms with E-state index in [2.05, 4.69) is 5.32 Å². The van der Waals surface area contributed by atoms with Gasteiger partial charge in [0.1, 0.15) is 5.75 Å². The van der Waals surface area contributed by atoms with Gasteiger partial charge in [-0.3, -0.25) is 4.79 Å². The molecule has 2 aromatic rings. The third-order valence-electron chi connectivity index (χ3n) is 3.34. The van der Waals surface area contributed by atoms with Gasteiger partial charge in [-0.25, -0.2) is 0 Å². The van der Waals surface area contributed by atoms with Gasteiger partial charge in [0.05, 0.1) is 18.2 Å². The minimum absolute atomic E-state index is 0.174. The molecule has 0 aliphatic rings. The summed E-state index contributed by atoms with van der Waals surface area (Å²) in [5.74, 6) is 0.384. The molecule has 1 amide bonds. The summed E-state index contributed by atoms with van der Waals surface area (Å²) in [5.41, 5.74) is 0.986. The van der Waals surface area contributed by atoms with E-state index in [0.717, 1.165) is 5.56 Å². The fourth-order valence-corrected chi connectivity index (χ4v) is 2.25. The van der Waals surface area contributed by atoms with Crippen molar-refractivity contribution in [3.8, 4) is 5.75 Å². The second kappa shape index (κ2) is 6.19. The summed E-state index contributed by atoms with van der Waals surface area (Å²) in [4.78, 5) is 12.5. The summed E-state index contributed by atoms with van der Waals surface area (Å²) < 4.78 is 5.22. The Morgan fingerprint density at radius 2 is 1.71 bits per heavy atom. The molecule has 110 valence electrons. The zero-order valence-electron chi connectivity index (χ0n) is 12.3. The molecule has 0 aliphatic carbocycles. The van der Waals surface area contributed by atoms with Crippen molar-refractivity contribution < 1.29 is 9.53 Å². The van der Waals surface area contributed by atoms with Crippen LogP contribution in [0, 0.1) is 0 Å². The molecule has 4 heteroatoms. The number of carbonyl (C=O) groups is 1. The molecule has 0 bridgehead atoms. The van der Waals surface area contributed by atoms with E-state index in [1.807, 2.05) is 50.2 Å². The van der Waals surface area contributed by atoms with Crippen molar-refractivity contribution in [3.05, 3.63) is 64.7 Å². The minimum atomic E-state index is -0.511. The molecule has 0 fully saturated rings. The molecule has 0 spiro atoms. The monoisotopic (exact) mass is 303 g/mol. The highest BCUT2D eigenvalue weighted by atomic mass is 35.5. The maximum atomic E-state index is 12.5. The van der Waals surface area contributed by atoms with Crippen molar-refractivity contribution in [2.24, 2.45) is 0 Å². The van der Waals surface area contributed by atoms with Crippen LogP contribution in [0.25, 0.3) is 0 Å². The maximum absolute atomic E-state index is 12.5. The summed E-state index contributed by atoms with van der Waals surface area (Å²) in [7, 11) is 1.55. The van der Waals surface area contributed by atoms with Crippen LogP contribution >= 0.6 is 11.6 Å². The molecule has 0 heterocycles. The predicted molar refractivity (Wildman–Crippen MR) is 84.9 cm³/mol. The number of hydrogen-bond acceptors (Lipinski definition) is 2. The van der Waals surface area contributed by atoms with E-state index in [1.165, 1.54) is 0 Å². The Kier molecular flexibility index (Phi) is 4.53. The van der Waals surface area contributed by atoms with Crippen LogP contribution in [0.4, 0.5) is 0 Å². The maximum Gasteiger partial charge on any atom is 0.255 e. The quantitative estimate of drug-likeness (QED) is 0.926. The molecular formula is C17H18ClNO2. The summed E-state index contributed by atoms with van der Waals surface area (Å²) in [6, 6.07) is 14.6. The molecular weight excluding hydrogens is 286 g/mol. The van der Waals surface area contributed by atoms with Crippen molar-refractivity contribution >= 4 is 17.5 Å². The van der Waals surface area contributed by atoms with Crippen LogP contribution in [-0.2, 0) is 5.54 Å². The van der Waals surface area contributed by atoms with Crippen molar-refractivity contribution in [1.82, 2.24) is 5.32 Å². The number of halogens is 1. The lowest BCUT2D eigenvalue weighted by molar-refractivity contribution is 0.0909. The first-order valence-corrected chi connectivity index (χ1v) is 7.03. The first-order chi connectivity index (χ1) is 9.94. The Morgan fingerprint density at radius 1 is 1.10 bits per heavy atom. The fraction of sp³-hybridized carbons (Fsp3) is 0.235. The SMILES string of the molecule is COc1ccccc1C(=O)NC(C)(C)c1ccc(Cl)cc1. The lowest BCUT2D eigenvalue weighted by Gasteiger charge is -2.27. The van der Waals surface area contributed by atoms with Gasteiger partial charge in [-0.05, 0) is 43.7 Å². The summed E-state index contributed by atoms with van der Waals surface area (Å²) in [5, 5.41) is 3.69. The Bertz CT molecular complexity index is 635. The van der Waals surface area contributed by atoms with E-state index < -0.39 is 5.54 Å². The topological polar surface area (TPSA) is 38.3 Å². The van der Waals surface area contributed by atoms with Gasteiger partial charge in [-0.15, -0.1) is 0 Å². The van der Waals surface area contributed by atoms with Gasteiger partial charge in [0.2, 0.25) is 0 Å². The second-order valence-electron chi connectivity index (χ2n) is 5.29. The number of carbonyl (C=O) groups excluding carboxylic acids is 1. The van der Waals surface area contributed by atoms with Gasteiger partial charge in [0, 0.05) is 5.02 Å². The largest absolute Gasteiger partial charge is 0.496 e. The number of rotatable bonds is 4. The summed E-state index contributed by atoms with van der Waals surface area (Å²) >= 11 is 5.90. The van der Waals surface area contributed by atoms with E-state index in [4.69, 9.17) is 16.3 Å². The third-order valence-corrected chi connectivity index (χ3v) is 3.60. The molecule has 0 aliphatic heterocycles. The number of benzene rings is 2. The predicted octanol–water partition coefficient (Wildman–Crippen LogP) is 4.01. The van der Waals surface area contributed by atoms with Gasteiger partial charge in [-0.2, -0.15) is 0 Å². The highest BCUT2D eigenvalue weighted by Gasteiger charge is 2.24. The van der Waals surface area contributed by atoms with Crippen LogP contribution in [0.1, 0.15) is 29.8 Å². The molecule has 0 unspecified atom stereocenters. The molecule has 0 aromatic heterocycles. The average molecular weight is 304 g/mol. The van der Waals surface area contributed by atoms with Gasteiger partial charge >= 0.3 is 0 Å². The van der Waals surface area contributed by atoms with Crippen molar-refractivity contribution in [3.63, 3.8) is 0 Å². The number of methoxy groups -OCH3 is 1. The van der Waals surface area contributed by atoms with Crippen LogP contribution in [0.3, 0.4) is 0 Å². The third kappa shape index (κ3) is 3.56. The van der Waals surface area contributed by atoms with Crippen LogP contribution < -0.4 is 10.1 Å². The molecule has 21 heavy (non-hydrogen) atoms. The molecule has 3 nitrogen and oxygen atoms in total. The van der Waals surface area contributed by atoms with Gasteiger partial charge in [-0.1, -0.05) is 35.9 Å². The van der Waals surface area contributed by atoms with E-state index >= 15 is 0 Å². The summed E-state index contributed by atoms with van der Waals surface area (Å²) in [6.45, 7) is 3.90. The normalized spacial score (nSPS) is 11.0. The Balaban J connectivity index is 2.23. The van der Waals surface area contributed by atoms with E-state index in [1.54, 1.807) is 19.2 Å². The first-order valence-electron chi connectivity index (χ1n) is 6.65. The molecule has 1 N–H and O–H groups in total. The molecule has 2 rings (SSSR count). The average Bonchev–Trinajstić information content (AvgIpc) is 2.47. The Morgan fingerprint density at radius 3 is 2.33 bits per heavy atom. The second-order valence-corrected chi connectivity index (χ2v) is 5.72. The van der Waals surface area contributed by atoms with Gasteiger partial charge in [0.25, 0.3) is 5.91 Å². The van der Waals surface area contributed by atoms with E-state index in [-0.39, 0.29) is 5.91 Å². The smallest absolute Gasteiger partial charge is 0.255 e. The van der Waals surface area contributed by atoms with Gasteiger partial charge < -0.3 is 10.1 Å². The fourth-order valence-electron chi connectivity index (χ4n) is 2.12. The Labute approximate surface area is 129 Å². The lowest BCUT2D eigenvalue weighted by atomic mass is 9.94. The van der Waals surface area contributed by atoms with Crippen LogP contribution in [-0.4, -0.2) is 13.0 Å². The van der Waals surface area contributed by atoms with Crippen molar-refractivity contribution in [2.45, 2.75) is 19.4 Å². The highest BCUT2D eigenvalue weighted by Crippen LogP contribution is 2.24. The highest BCUT2D eigenvalue weighted by molar-refractivity contribution is 6.30.